The number of piperidine rings is 1. The summed E-state index contributed by atoms with van der Waals surface area (Å²) < 4.78 is 14.6. The van der Waals surface area contributed by atoms with E-state index in [1.54, 1.807) is 41.4 Å². The van der Waals surface area contributed by atoms with E-state index in [0.717, 1.165) is 18.5 Å². The van der Waals surface area contributed by atoms with Crippen LogP contribution < -0.4 is 10.2 Å². The molecule has 0 unspecified atom stereocenters. The maximum atomic E-state index is 13.1. The Labute approximate surface area is 161 Å². The van der Waals surface area contributed by atoms with Gasteiger partial charge in [-0.3, -0.25) is 9.59 Å². The number of carbonyl (C=O) groups excluding carboxylic acids is 2. The van der Waals surface area contributed by atoms with E-state index in [0.29, 0.717) is 24.3 Å². The lowest BCUT2D eigenvalue weighted by atomic mass is 10.1. The molecule has 1 N–H and O–H groups in total. The van der Waals surface area contributed by atoms with Gasteiger partial charge < -0.3 is 10.2 Å². The normalized spacial score (nSPS) is 14.2. The Morgan fingerprint density at radius 2 is 1.86 bits per heavy atom. The number of carbonyl (C=O) groups is 2. The van der Waals surface area contributed by atoms with Crippen molar-refractivity contribution in [3.63, 3.8) is 0 Å². The number of aromatic nitrogens is 2. The van der Waals surface area contributed by atoms with Gasteiger partial charge in [-0.1, -0.05) is 6.07 Å². The van der Waals surface area contributed by atoms with Crippen molar-refractivity contribution in [3.05, 3.63) is 72.3 Å². The molecule has 0 spiro atoms. The molecule has 0 saturated carbocycles. The first kappa shape index (κ1) is 17.9. The Morgan fingerprint density at radius 3 is 2.64 bits per heavy atom. The maximum Gasteiger partial charge on any atom is 0.276 e. The van der Waals surface area contributed by atoms with E-state index in [2.05, 4.69) is 10.4 Å². The summed E-state index contributed by atoms with van der Waals surface area (Å²) in [5, 5.41) is 7.06. The highest BCUT2D eigenvalue weighted by atomic mass is 19.1. The van der Waals surface area contributed by atoms with Gasteiger partial charge in [0.05, 0.1) is 5.69 Å². The van der Waals surface area contributed by atoms with Crippen molar-refractivity contribution < 1.29 is 14.0 Å². The molecular formula is C21H19FN4O2. The molecule has 0 atom stereocenters. The highest BCUT2D eigenvalue weighted by Gasteiger charge is 2.20. The van der Waals surface area contributed by atoms with Gasteiger partial charge in [-0.15, -0.1) is 0 Å². The molecule has 0 aliphatic carbocycles. The molecule has 1 aliphatic heterocycles. The zero-order valence-electron chi connectivity index (χ0n) is 15.1. The van der Waals surface area contributed by atoms with Gasteiger partial charge in [0.25, 0.3) is 5.91 Å². The zero-order chi connectivity index (χ0) is 19.5. The van der Waals surface area contributed by atoms with Gasteiger partial charge in [0.1, 0.15) is 5.82 Å². The second kappa shape index (κ2) is 7.64. The fourth-order valence-corrected chi connectivity index (χ4v) is 3.21. The van der Waals surface area contributed by atoms with Crippen LogP contribution in [0.2, 0.25) is 0 Å². The SMILES string of the molecule is O=C(Nc1cccc(N2CCCCC2=O)c1)c1ccn(-c2ccc(F)cc2)n1. The number of benzene rings is 2. The summed E-state index contributed by atoms with van der Waals surface area (Å²) >= 11 is 0. The summed E-state index contributed by atoms with van der Waals surface area (Å²) in [5.74, 6) is -0.586. The summed E-state index contributed by atoms with van der Waals surface area (Å²) in [6.45, 7) is 0.693. The van der Waals surface area contributed by atoms with Crippen molar-refractivity contribution in [2.75, 3.05) is 16.8 Å². The minimum atomic E-state index is -0.358. The third-order valence-corrected chi connectivity index (χ3v) is 4.65. The van der Waals surface area contributed by atoms with E-state index < -0.39 is 0 Å². The topological polar surface area (TPSA) is 67.2 Å². The van der Waals surface area contributed by atoms with Crippen molar-refractivity contribution in [2.24, 2.45) is 0 Å². The van der Waals surface area contributed by atoms with Crippen molar-refractivity contribution in [2.45, 2.75) is 19.3 Å². The fourth-order valence-electron chi connectivity index (χ4n) is 3.21. The van der Waals surface area contributed by atoms with E-state index in [4.69, 9.17) is 0 Å². The largest absolute Gasteiger partial charge is 0.321 e. The first-order valence-corrected chi connectivity index (χ1v) is 9.13. The Hall–Kier alpha value is -3.48. The monoisotopic (exact) mass is 378 g/mol. The quantitative estimate of drug-likeness (QED) is 0.751. The molecule has 2 heterocycles. The molecule has 1 fully saturated rings. The molecule has 0 radical (unpaired) electrons. The summed E-state index contributed by atoms with van der Waals surface area (Å²) in [6.07, 6.45) is 4.09. The zero-order valence-corrected chi connectivity index (χ0v) is 15.1. The molecule has 7 heteroatoms. The van der Waals surface area contributed by atoms with Gasteiger partial charge >= 0.3 is 0 Å². The molecule has 142 valence electrons. The molecule has 1 aromatic heterocycles. The number of hydrogen-bond donors (Lipinski definition) is 1. The van der Waals surface area contributed by atoms with E-state index in [1.165, 1.54) is 16.8 Å². The lowest BCUT2D eigenvalue weighted by Gasteiger charge is -2.27. The Morgan fingerprint density at radius 1 is 1.04 bits per heavy atom. The summed E-state index contributed by atoms with van der Waals surface area (Å²) in [5.41, 5.74) is 2.27. The Bertz CT molecular complexity index is 1010. The van der Waals surface area contributed by atoms with Crippen LogP contribution in [0.1, 0.15) is 29.8 Å². The Balaban J connectivity index is 1.49. The van der Waals surface area contributed by atoms with Crippen LogP contribution in [0.3, 0.4) is 0 Å². The van der Waals surface area contributed by atoms with Crippen LogP contribution in [-0.4, -0.2) is 28.1 Å². The van der Waals surface area contributed by atoms with Crippen molar-refractivity contribution >= 4 is 23.2 Å². The van der Waals surface area contributed by atoms with Crippen LogP contribution in [0.5, 0.6) is 0 Å². The van der Waals surface area contributed by atoms with E-state index in [9.17, 15) is 14.0 Å². The fraction of sp³-hybridized carbons (Fsp3) is 0.190. The van der Waals surface area contributed by atoms with Crippen molar-refractivity contribution in [3.8, 4) is 5.69 Å². The maximum absolute atomic E-state index is 13.1. The molecule has 3 aromatic rings. The predicted octanol–water partition coefficient (Wildman–Crippen LogP) is 3.78. The molecule has 2 amide bonds. The van der Waals surface area contributed by atoms with Crippen molar-refractivity contribution in [1.82, 2.24) is 9.78 Å². The minimum Gasteiger partial charge on any atom is -0.321 e. The van der Waals surface area contributed by atoms with E-state index in [-0.39, 0.29) is 23.3 Å². The molecular weight excluding hydrogens is 359 g/mol. The van der Waals surface area contributed by atoms with Crippen LogP contribution >= 0.6 is 0 Å². The minimum absolute atomic E-state index is 0.104. The number of amides is 2. The molecule has 1 saturated heterocycles. The molecule has 1 aliphatic rings. The smallest absolute Gasteiger partial charge is 0.276 e. The van der Waals surface area contributed by atoms with Crippen LogP contribution in [0.4, 0.5) is 15.8 Å². The van der Waals surface area contributed by atoms with E-state index >= 15 is 0 Å². The second-order valence-corrected chi connectivity index (χ2v) is 6.63. The van der Waals surface area contributed by atoms with Gasteiger partial charge in [-0.05, 0) is 61.4 Å². The van der Waals surface area contributed by atoms with Crippen molar-refractivity contribution in [1.29, 1.82) is 0 Å². The van der Waals surface area contributed by atoms with Crippen LogP contribution in [0.15, 0.2) is 60.8 Å². The number of nitrogens with one attached hydrogen (secondary N) is 1. The molecule has 4 rings (SSSR count). The summed E-state index contributed by atoms with van der Waals surface area (Å²) in [7, 11) is 0. The van der Waals surface area contributed by atoms with Crippen LogP contribution in [0, 0.1) is 5.82 Å². The molecule has 6 nitrogen and oxygen atoms in total. The van der Waals surface area contributed by atoms with E-state index in [1.807, 2.05) is 12.1 Å². The Kier molecular flexibility index (Phi) is 4.89. The first-order chi connectivity index (χ1) is 13.6. The summed E-state index contributed by atoms with van der Waals surface area (Å²) in [4.78, 5) is 26.4. The number of nitrogens with zero attached hydrogens (tertiary/aromatic N) is 3. The number of hydrogen-bond acceptors (Lipinski definition) is 3. The van der Waals surface area contributed by atoms with Gasteiger partial charge in [-0.25, -0.2) is 9.07 Å². The van der Waals surface area contributed by atoms with Crippen LogP contribution in [-0.2, 0) is 4.79 Å². The molecule has 2 aromatic carbocycles. The second-order valence-electron chi connectivity index (χ2n) is 6.63. The average Bonchev–Trinajstić information content (AvgIpc) is 3.19. The van der Waals surface area contributed by atoms with Gasteiger partial charge in [0.15, 0.2) is 5.69 Å². The first-order valence-electron chi connectivity index (χ1n) is 9.13. The average molecular weight is 378 g/mol. The highest BCUT2D eigenvalue weighted by Crippen LogP contribution is 2.24. The lowest BCUT2D eigenvalue weighted by Crippen LogP contribution is -2.35. The van der Waals surface area contributed by atoms with Gasteiger partial charge in [0, 0.05) is 30.5 Å². The third kappa shape index (κ3) is 3.78. The number of halogens is 1. The number of rotatable bonds is 4. The third-order valence-electron chi connectivity index (χ3n) is 4.65. The van der Waals surface area contributed by atoms with Crippen LogP contribution in [0.25, 0.3) is 5.69 Å². The highest BCUT2D eigenvalue weighted by molar-refractivity contribution is 6.03. The lowest BCUT2D eigenvalue weighted by molar-refractivity contribution is -0.119. The summed E-state index contributed by atoms with van der Waals surface area (Å²) in [6, 6.07) is 14.7. The molecule has 0 bridgehead atoms. The standard InChI is InChI=1S/C21H19FN4O2/c22-15-7-9-17(10-8-15)26-13-11-19(24-26)21(28)23-16-4-3-5-18(14-16)25-12-2-1-6-20(25)27/h3-5,7-11,13-14H,1-2,6,12H2,(H,23,28). The van der Waals surface area contributed by atoms with Gasteiger partial charge in [0.2, 0.25) is 5.91 Å². The predicted molar refractivity (Wildman–Crippen MR) is 104 cm³/mol. The number of anilines is 2. The molecule has 28 heavy (non-hydrogen) atoms. The van der Waals surface area contributed by atoms with Gasteiger partial charge in [-0.2, -0.15) is 5.10 Å².